The van der Waals surface area contributed by atoms with Gasteiger partial charge in [0.2, 0.25) is 0 Å². The number of ether oxygens (including phenoxy) is 1. The van der Waals surface area contributed by atoms with Crippen LogP contribution >= 0.6 is 0 Å². The smallest absolute Gasteiger partial charge is 0.119 e. The Labute approximate surface area is 114 Å². The maximum absolute atomic E-state index is 11.1. The molecule has 0 saturated carbocycles. The third-order valence-electron chi connectivity index (χ3n) is 3.65. The van der Waals surface area contributed by atoms with Crippen molar-refractivity contribution in [3.8, 4) is 5.75 Å². The van der Waals surface area contributed by atoms with Crippen molar-refractivity contribution < 1.29 is 9.84 Å². The Morgan fingerprint density at radius 3 is 2.47 bits per heavy atom. The average molecular weight is 256 g/mol. The second-order valence-corrected chi connectivity index (χ2v) is 4.76. The first kappa shape index (κ1) is 13.6. The van der Waals surface area contributed by atoms with Crippen LogP contribution in [0, 0.1) is 6.92 Å². The molecule has 2 heteroatoms. The molecular formula is C17H20O2. The number of aryl methyl sites for hydroxylation is 1. The van der Waals surface area contributed by atoms with Gasteiger partial charge in [-0.2, -0.15) is 0 Å². The molecule has 0 saturated heterocycles. The lowest BCUT2D eigenvalue weighted by molar-refractivity contribution is 0.0756. The number of methoxy groups -OCH3 is 1. The molecular weight excluding hydrogens is 236 g/mol. The zero-order valence-electron chi connectivity index (χ0n) is 11.7. The van der Waals surface area contributed by atoms with Gasteiger partial charge >= 0.3 is 0 Å². The van der Waals surface area contributed by atoms with Crippen LogP contribution in [-0.4, -0.2) is 12.2 Å². The van der Waals surface area contributed by atoms with Gasteiger partial charge in [0.15, 0.2) is 0 Å². The summed E-state index contributed by atoms with van der Waals surface area (Å²) >= 11 is 0. The Bertz CT molecular complexity index is 563. The first-order valence-electron chi connectivity index (χ1n) is 6.55. The van der Waals surface area contributed by atoms with E-state index in [1.165, 1.54) is 0 Å². The van der Waals surface area contributed by atoms with Crippen molar-refractivity contribution in [2.45, 2.75) is 25.9 Å². The van der Waals surface area contributed by atoms with E-state index in [0.717, 1.165) is 22.4 Å². The molecule has 0 aromatic heterocycles. The van der Waals surface area contributed by atoms with E-state index in [9.17, 15) is 5.11 Å². The molecule has 0 aliphatic heterocycles. The summed E-state index contributed by atoms with van der Waals surface area (Å²) < 4.78 is 5.25. The summed E-state index contributed by atoms with van der Waals surface area (Å²) in [5.74, 6) is 0.762. The van der Waals surface area contributed by atoms with E-state index in [4.69, 9.17) is 4.74 Å². The number of benzene rings is 2. The normalized spacial score (nSPS) is 13.9. The minimum atomic E-state index is -0.972. The number of hydrogen-bond donors (Lipinski definition) is 1. The molecule has 0 heterocycles. The average Bonchev–Trinajstić information content (AvgIpc) is 2.47. The number of hydrogen-bond acceptors (Lipinski definition) is 2. The van der Waals surface area contributed by atoms with Crippen LogP contribution in [0.25, 0.3) is 0 Å². The fraction of sp³-hybridized carbons (Fsp3) is 0.294. The molecule has 1 unspecified atom stereocenters. The molecule has 2 nitrogen and oxygen atoms in total. The first-order valence-corrected chi connectivity index (χ1v) is 6.55. The monoisotopic (exact) mass is 256 g/mol. The van der Waals surface area contributed by atoms with Crippen LogP contribution in [0.15, 0.2) is 48.5 Å². The predicted octanol–water partition coefficient (Wildman–Crippen LogP) is 3.65. The molecule has 0 fully saturated rings. The highest BCUT2D eigenvalue weighted by Gasteiger charge is 2.30. The SMILES string of the molecule is CCC(O)(c1cccc(OC)c1)c1ccccc1C. The number of aliphatic hydroxyl groups is 1. The van der Waals surface area contributed by atoms with Gasteiger partial charge in [0, 0.05) is 0 Å². The van der Waals surface area contributed by atoms with Gasteiger partial charge in [-0.3, -0.25) is 0 Å². The Hall–Kier alpha value is -1.80. The highest BCUT2D eigenvalue weighted by atomic mass is 16.5. The van der Waals surface area contributed by atoms with Crippen LogP contribution in [-0.2, 0) is 5.60 Å². The second kappa shape index (κ2) is 5.45. The summed E-state index contributed by atoms with van der Waals surface area (Å²) in [6, 6.07) is 15.6. The summed E-state index contributed by atoms with van der Waals surface area (Å²) in [6.07, 6.45) is 0.616. The van der Waals surface area contributed by atoms with Gasteiger partial charge in [-0.25, -0.2) is 0 Å². The van der Waals surface area contributed by atoms with Crippen molar-refractivity contribution in [2.24, 2.45) is 0 Å². The van der Waals surface area contributed by atoms with Gasteiger partial charge in [-0.1, -0.05) is 43.3 Å². The van der Waals surface area contributed by atoms with Crippen molar-refractivity contribution in [3.05, 3.63) is 65.2 Å². The summed E-state index contributed by atoms with van der Waals surface area (Å²) in [4.78, 5) is 0. The number of rotatable bonds is 4. The fourth-order valence-electron chi connectivity index (χ4n) is 2.47. The maximum Gasteiger partial charge on any atom is 0.119 e. The van der Waals surface area contributed by atoms with Gasteiger partial charge in [0.1, 0.15) is 11.4 Å². The molecule has 0 aliphatic rings. The van der Waals surface area contributed by atoms with Crippen LogP contribution in [0.1, 0.15) is 30.0 Å². The first-order chi connectivity index (χ1) is 9.11. The van der Waals surface area contributed by atoms with Crippen molar-refractivity contribution in [1.82, 2.24) is 0 Å². The van der Waals surface area contributed by atoms with Crippen molar-refractivity contribution in [2.75, 3.05) is 7.11 Å². The fourth-order valence-corrected chi connectivity index (χ4v) is 2.47. The van der Waals surface area contributed by atoms with Crippen LogP contribution in [0.2, 0.25) is 0 Å². The van der Waals surface area contributed by atoms with Gasteiger partial charge in [-0.15, -0.1) is 0 Å². The van der Waals surface area contributed by atoms with Gasteiger partial charge < -0.3 is 9.84 Å². The second-order valence-electron chi connectivity index (χ2n) is 4.76. The zero-order chi connectivity index (χ0) is 13.9. The van der Waals surface area contributed by atoms with Gasteiger partial charge in [-0.05, 0) is 42.2 Å². The molecule has 19 heavy (non-hydrogen) atoms. The lowest BCUT2D eigenvalue weighted by Gasteiger charge is -2.29. The summed E-state index contributed by atoms with van der Waals surface area (Å²) in [5.41, 5.74) is 1.93. The Morgan fingerprint density at radius 2 is 1.84 bits per heavy atom. The highest BCUT2D eigenvalue weighted by molar-refractivity contribution is 5.42. The minimum absolute atomic E-state index is 0.616. The van der Waals surface area contributed by atoms with Gasteiger partial charge in [0.05, 0.1) is 7.11 Å². The molecule has 2 aromatic carbocycles. The Balaban J connectivity index is 2.56. The maximum atomic E-state index is 11.1. The lowest BCUT2D eigenvalue weighted by Crippen LogP contribution is -2.27. The molecule has 0 amide bonds. The highest BCUT2D eigenvalue weighted by Crippen LogP contribution is 2.35. The van der Waals surface area contributed by atoms with E-state index < -0.39 is 5.60 Å². The Morgan fingerprint density at radius 1 is 1.11 bits per heavy atom. The molecule has 1 N–H and O–H groups in total. The predicted molar refractivity (Wildman–Crippen MR) is 77.5 cm³/mol. The van der Waals surface area contributed by atoms with E-state index in [1.807, 2.05) is 62.4 Å². The van der Waals surface area contributed by atoms with E-state index >= 15 is 0 Å². The molecule has 2 rings (SSSR count). The minimum Gasteiger partial charge on any atom is -0.497 e. The standard InChI is InChI=1S/C17H20O2/c1-4-17(18,16-11-6-5-8-13(16)2)14-9-7-10-15(12-14)19-3/h5-12,18H,4H2,1-3H3. The van der Waals surface area contributed by atoms with E-state index in [0.29, 0.717) is 6.42 Å². The quantitative estimate of drug-likeness (QED) is 0.904. The molecule has 100 valence electrons. The molecule has 2 aromatic rings. The van der Waals surface area contributed by atoms with E-state index in [-0.39, 0.29) is 0 Å². The molecule has 0 spiro atoms. The van der Waals surface area contributed by atoms with Crippen molar-refractivity contribution in [1.29, 1.82) is 0 Å². The molecule has 0 aliphatic carbocycles. The topological polar surface area (TPSA) is 29.5 Å². The lowest BCUT2D eigenvalue weighted by atomic mass is 9.82. The molecule has 1 atom stereocenters. The largest absolute Gasteiger partial charge is 0.497 e. The van der Waals surface area contributed by atoms with E-state index in [2.05, 4.69) is 0 Å². The third-order valence-corrected chi connectivity index (χ3v) is 3.65. The van der Waals surface area contributed by atoms with Crippen LogP contribution in [0.5, 0.6) is 5.75 Å². The van der Waals surface area contributed by atoms with E-state index in [1.54, 1.807) is 7.11 Å². The summed E-state index contributed by atoms with van der Waals surface area (Å²) in [6.45, 7) is 4.02. The van der Waals surface area contributed by atoms with Crippen LogP contribution < -0.4 is 4.74 Å². The van der Waals surface area contributed by atoms with Crippen molar-refractivity contribution >= 4 is 0 Å². The molecule has 0 bridgehead atoms. The summed E-state index contributed by atoms with van der Waals surface area (Å²) in [5, 5.41) is 11.1. The Kier molecular flexibility index (Phi) is 3.91. The third kappa shape index (κ3) is 2.49. The van der Waals surface area contributed by atoms with Crippen LogP contribution in [0.3, 0.4) is 0 Å². The summed E-state index contributed by atoms with van der Waals surface area (Å²) in [7, 11) is 1.64. The zero-order valence-corrected chi connectivity index (χ0v) is 11.7. The molecule has 0 radical (unpaired) electrons. The van der Waals surface area contributed by atoms with Crippen LogP contribution in [0.4, 0.5) is 0 Å². The van der Waals surface area contributed by atoms with Gasteiger partial charge in [0.25, 0.3) is 0 Å². The van der Waals surface area contributed by atoms with Crippen molar-refractivity contribution in [3.63, 3.8) is 0 Å².